The van der Waals surface area contributed by atoms with Crippen LogP contribution in [0.3, 0.4) is 0 Å². The molecule has 2 aromatic rings. The molecule has 3 rings (SSSR count). The number of rotatable bonds is 6. The van der Waals surface area contributed by atoms with E-state index in [2.05, 4.69) is 10.5 Å². The Hall–Kier alpha value is -2.53. The Morgan fingerprint density at radius 3 is 2.50 bits per heavy atom. The summed E-state index contributed by atoms with van der Waals surface area (Å²) in [4.78, 5) is 10.6. The molecule has 0 spiro atoms. The van der Waals surface area contributed by atoms with Gasteiger partial charge >= 0.3 is 0 Å². The molecule has 148 valence electrons. The first-order valence-corrected chi connectivity index (χ1v) is 10.1. The molecule has 1 heterocycles. The van der Waals surface area contributed by atoms with Gasteiger partial charge in [-0.25, -0.2) is 8.42 Å². The quantitative estimate of drug-likeness (QED) is 0.433. The van der Waals surface area contributed by atoms with Crippen LogP contribution in [-0.2, 0) is 14.8 Å². The van der Waals surface area contributed by atoms with E-state index in [4.69, 9.17) is 16.3 Å². The molecule has 1 fully saturated rings. The number of sulfonamides is 1. The Bertz CT molecular complexity index is 989. The number of nitrogens with zero attached hydrogens (tertiary/aromatic N) is 3. The van der Waals surface area contributed by atoms with E-state index in [1.165, 1.54) is 22.7 Å². The lowest BCUT2D eigenvalue weighted by molar-refractivity contribution is -0.384. The third-order valence-corrected chi connectivity index (χ3v) is 6.19. The summed E-state index contributed by atoms with van der Waals surface area (Å²) >= 11 is 5.81. The van der Waals surface area contributed by atoms with Crippen LogP contribution < -0.4 is 5.43 Å². The summed E-state index contributed by atoms with van der Waals surface area (Å²) in [7, 11) is -3.83. The summed E-state index contributed by atoms with van der Waals surface area (Å²) in [6, 6.07) is 10.5. The summed E-state index contributed by atoms with van der Waals surface area (Å²) in [6.07, 6.45) is 1.47. The van der Waals surface area contributed by atoms with Crippen molar-refractivity contribution in [2.45, 2.75) is 4.90 Å². The van der Waals surface area contributed by atoms with E-state index in [1.807, 2.05) is 0 Å². The van der Waals surface area contributed by atoms with E-state index < -0.39 is 14.9 Å². The van der Waals surface area contributed by atoms with Gasteiger partial charge in [-0.2, -0.15) is 9.41 Å². The Morgan fingerprint density at radius 1 is 1.18 bits per heavy atom. The van der Waals surface area contributed by atoms with Gasteiger partial charge in [0.1, 0.15) is 5.69 Å². The lowest BCUT2D eigenvalue weighted by Gasteiger charge is -2.26. The number of benzene rings is 2. The summed E-state index contributed by atoms with van der Waals surface area (Å²) in [6.45, 7) is 1.00. The SMILES string of the molecule is O=[N+]([O-])c1cc(S(=O)(=O)N2CCOCC2)ccc1N/N=C/c1ccc(Cl)cc1. The van der Waals surface area contributed by atoms with Crippen LogP contribution in [0.2, 0.25) is 5.02 Å². The molecule has 9 nitrogen and oxygen atoms in total. The van der Waals surface area contributed by atoms with Crippen molar-refractivity contribution in [2.24, 2.45) is 5.10 Å². The van der Waals surface area contributed by atoms with Gasteiger partial charge in [0.2, 0.25) is 10.0 Å². The fraction of sp³-hybridized carbons (Fsp3) is 0.235. The lowest BCUT2D eigenvalue weighted by Crippen LogP contribution is -2.40. The zero-order valence-electron chi connectivity index (χ0n) is 14.6. The van der Waals surface area contributed by atoms with Gasteiger partial charge in [-0.15, -0.1) is 0 Å². The molecule has 2 aromatic carbocycles. The Morgan fingerprint density at radius 2 is 1.86 bits per heavy atom. The lowest BCUT2D eigenvalue weighted by atomic mass is 10.2. The van der Waals surface area contributed by atoms with Crippen LogP contribution in [-0.4, -0.2) is 50.2 Å². The van der Waals surface area contributed by atoms with Crippen LogP contribution in [0.4, 0.5) is 11.4 Å². The largest absolute Gasteiger partial charge is 0.379 e. The highest BCUT2D eigenvalue weighted by Gasteiger charge is 2.28. The molecule has 1 saturated heterocycles. The molecular formula is C17H17ClN4O5S. The zero-order chi connectivity index (χ0) is 20.1. The summed E-state index contributed by atoms with van der Waals surface area (Å²) in [5.74, 6) is 0. The standard InChI is InChI=1S/C17H17ClN4O5S/c18-14-3-1-13(2-4-14)12-19-20-16-6-5-15(11-17(16)22(23)24)28(25,26)21-7-9-27-10-8-21/h1-6,11-12,20H,7-10H2/b19-12+. The second-order valence-corrected chi connectivity index (χ2v) is 8.25. The highest BCUT2D eigenvalue weighted by molar-refractivity contribution is 7.89. The van der Waals surface area contributed by atoms with Crippen molar-refractivity contribution in [1.29, 1.82) is 0 Å². The molecule has 1 aliphatic rings. The molecule has 28 heavy (non-hydrogen) atoms. The highest BCUT2D eigenvalue weighted by atomic mass is 35.5. The minimum absolute atomic E-state index is 0.0798. The van der Waals surface area contributed by atoms with E-state index in [1.54, 1.807) is 24.3 Å². The predicted molar refractivity (Wildman–Crippen MR) is 105 cm³/mol. The summed E-state index contributed by atoms with van der Waals surface area (Å²) in [5.41, 5.74) is 3.02. The van der Waals surface area contributed by atoms with Crippen LogP contribution in [0.5, 0.6) is 0 Å². The number of hydrogen-bond donors (Lipinski definition) is 1. The van der Waals surface area contributed by atoms with Gasteiger partial charge in [0.05, 0.1) is 29.2 Å². The third-order valence-electron chi connectivity index (χ3n) is 4.04. The van der Waals surface area contributed by atoms with Gasteiger partial charge in [-0.1, -0.05) is 23.7 Å². The van der Waals surface area contributed by atoms with Gasteiger partial charge in [0.25, 0.3) is 5.69 Å². The number of nitro benzene ring substituents is 1. The van der Waals surface area contributed by atoms with Crippen molar-refractivity contribution in [1.82, 2.24) is 4.31 Å². The van der Waals surface area contributed by atoms with Crippen molar-refractivity contribution in [2.75, 3.05) is 31.7 Å². The van der Waals surface area contributed by atoms with Crippen LogP contribution in [0, 0.1) is 10.1 Å². The number of morpholine rings is 1. The molecule has 0 aromatic heterocycles. The zero-order valence-corrected chi connectivity index (χ0v) is 16.2. The average molecular weight is 425 g/mol. The van der Waals surface area contributed by atoms with Crippen molar-refractivity contribution < 1.29 is 18.1 Å². The fourth-order valence-corrected chi connectivity index (χ4v) is 4.13. The van der Waals surface area contributed by atoms with Crippen LogP contribution >= 0.6 is 11.6 Å². The monoisotopic (exact) mass is 424 g/mol. The fourth-order valence-electron chi connectivity index (χ4n) is 2.58. The van der Waals surface area contributed by atoms with Gasteiger partial charge in [0.15, 0.2) is 0 Å². The maximum Gasteiger partial charge on any atom is 0.295 e. The second kappa shape index (κ2) is 8.65. The molecule has 0 bridgehead atoms. The third kappa shape index (κ3) is 4.65. The normalized spacial score (nSPS) is 15.6. The number of hydrogen-bond acceptors (Lipinski definition) is 7. The van der Waals surface area contributed by atoms with E-state index >= 15 is 0 Å². The van der Waals surface area contributed by atoms with Gasteiger partial charge in [-0.3, -0.25) is 15.5 Å². The van der Waals surface area contributed by atoms with E-state index in [0.717, 1.165) is 11.6 Å². The van der Waals surface area contributed by atoms with Gasteiger partial charge in [0, 0.05) is 24.2 Å². The van der Waals surface area contributed by atoms with Crippen LogP contribution in [0.15, 0.2) is 52.5 Å². The number of anilines is 1. The number of ether oxygens (including phenoxy) is 1. The van der Waals surface area contributed by atoms with Crippen molar-refractivity contribution in [3.8, 4) is 0 Å². The smallest absolute Gasteiger partial charge is 0.295 e. The molecule has 0 amide bonds. The Balaban J connectivity index is 1.83. The van der Waals surface area contributed by atoms with Gasteiger partial charge < -0.3 is 4.74 Å². The number of halogens is 1. The molecular weight excluding hydrogens is 408 g/mol. The first-order valence-electron chi connectivity index (χ1n) is 8.29. The molecule has 1 N–H and O–H groups in total. The van der Waals surface area contributed by atoms with E-state index in [-0.39, 0.29) is 29.4 Å². The molecule has 0 saturated carbocycles. The molecule has 11 heteroatoms. The predicted octanol–water partition coefficient (Wildman–Crippen LogP) is 2.72. The topological polar surface area (TPSA) is 114 Å². The van der Waals surface area contributed by atoms with Gasteiger partial charge in [-0.05, 0) is 29.8 Å². The first kappa shape index (κ1) is 20.2. The average Bonchev–Trinajstić information content (AvgIpc) is 2.70. The number of nitro groups is 1. The molecule has 0 aliphatic carbocycles. The van der Waals surface area contributed by atoms with Crippen molar-refractivity contribution >= 4 is 39.2 Å². The Labute approximate surface area is 166 Å². The molecule has 1 aliphatic heterocycles. The maximum atomic E-state index is 12.7. The summed E-state index contributed by atoms with van der Waals surface area (Å²) < 4.78 is 31.8. The minimum atomic E-state index is -3.83. The Kier molecular flexibility index (Phi) is 6.25. The highest BCUT2D eigenvalue weighted by Crippen LogP contribution is 2.29. The van der Waals surface area contributed by atoms with E-state index in [9.17, 15) is 18.5 Å². The minimum Gasteiger partial charge on any atom is -0.379 e. The molecule has 0 radical (unpaired) electrons. The molecule has 0 unspecified atom stereocenters. The van der Waals surface area contributed by atoms with Crippen molar-refractivity contribution in [3.63, 3.8) is 0 Å². The van der Waals surface area contributed by atoms with Crippen LogP contribution in [0.1, 0.15) is 5.56 Å². The maximum absolute atomic E-state index is 12.7. The van der Waals surface area contributed by atoms with Crippen molar-refractivity contribution in [3.05, 3.63) is 63.2 Å². The number of hydrazone groups is 1. The van der Waals surface area contributed by atoms with E-state index in [0.29, 0.717) is 18.2 Å². The number of nitrogens with one attached hydrogen (secondary N) is 1. The molecule has 0 atom stereocenters. The second-order valence-electron chi connectivity index (χ2n) is 5.87. The summed E-state index contributed by atoms with van der Waals surface area (Å²) in [5, 5.41) is 16.0. The van der Waals surface area contributed by atoms with Crippen LogP contribution in [0.25, 0.3) is 0 Å². The first-order chi connectivity index (χ1) is 13.4.